The molecule has 2 aliphatic heterocycles. The summed E-state index contributed by atoms with van der Waals surface area (Å²) >= 11 is 0. The standard InChI is InChI=1S/C28H33N3O6/c1-35-28(34)30-26(29)22-6-2-20(3-7-22)21-4-8-23(9-5-21)27(33)31-14-10-19(11-15-31)18-25(32)37-24-12-16-36-17-13-24/h2-9,19,24H,10-18H2,1H3,(H2,29,30,34). The minimum Gasteiger partial charge on any atom is -0.462 e. The topological polar surface area (TPSA) is 118 Å². The van der Waals surface area contributed by atoms with E-state index in [0.29, 0.717) is 43.9 Å². The number of hydrogen-bond donors (Lipinski definition) is 2. The number of carbonyl (C=O) groups excluding carboxylic acids is 3. The minimum atomic E-state index is -0.688. The first-order chi connectivity index (χ1) is 17.9. The summed E-state index contributed by atoms with van der Waals surface area (Å²) in [6.07, 6.45) is 2.81. The SMILES string of the molecule is COC(=O)NC(=N)c1ccc(-c2ccc(C(=O)N3CCC(CC(=O)OC4CCOCC4)CC3)cc2)cc1. The fraction of sp³-hybridized carbons (Fsp3) is 0.429. The van der Waals surface area contributed by atoms with E-state index in [2.05, 4.69) is 10.1 Å². The van der Waals surface area contributed by atoms with Gasteiger partial charge >= 0.3 is 12.1 Å². The summed E-state index contributed by atoms with van der Waals surface area (Å²) in [6.45, 7) is 2.55. The second-order valence-corrected chi connectivity index (χ2v) is 9.39. The van der Waals surface area contributed by atoms with Crippen LogP contribution in [0.5, 0.6) is 0 Å². The number of piperidine rings is 1. The molecule has 2 heterocycles. The summed E-state index contributed by atoms with van der Waals surface area (Å²) in [6, 6.07) is 14.7. The Morgan fingerprint density at radius 1 is 0.919 bits per heavy atom. The highest BCUT2D eigenvalue weighted by atomic mass is 16.6. The lowest BCUT2D eigenvalue weighted by atomic mass is 9.93. The van der Waals surface area contributed by atoms with Crippen LogP contribution in [0.4, 0.5) is 4.79 Å². The lowest BCUT2D eigenvalue weighted by Crippen LogP contribution is -2.39. The second kappa shape index (κ2) is 12.5. The number of likely N-dealkylation sites (tertiary alicyclic amines) is 1. The number of rotatable bonds is 6. The molecule has 0 bridgehead atoms. The number of esters is 1. The summed E-state index contributed by atoms with van der Waals surface area (Å²) < 4.78 is 15.4. The van der Waals surface area contributed by atoms with Crippen LogP contribution < -0.4 is 5.32 Å². The Hall–Kier alpha value is -3.72. The molecule has 196 valence electrons. The van der Waals surface area contributed by atoms with Gasteiger partial charge in [0.1, 0.15) is 11.9 Å². The highest BCUT2D eigenvalue weighted by Gasteiger charge is 2.27. The average molecular weight is 508 g/mol. The third-order valence-electron chi connectivity index (χ3n) is 6.87. The highest BCUT2D eigenvalue weighted by Crippen LogP contribution is 2.25. The maximum Gasteiger partial charge on any atom is 0.412 e. The van der Waals surface area contributed by atoms with Gasteiger partial charge in [-0.05, 0) is 42.0 Å². The van der Waals surface area contributed by atoms with E-state index in [-0.39, 0.29) is 29.7 Å². The predicted octanol–water partition coefficient (Wildman–Crippen LogP) is 4.00. The third-order valence-corrected chi connectivity index (χ3v) is 6.87. The van der Waals surface area contributed by atoms with Crippen LogP contribution >= 0.6 is 0 Å². The molecule has 2 aromatic rings. The van der Waals surface area contributed by atoms with E-state index in [1.165, 1.54) is 7.11 Å². The Bertz CT molecular complexity index is 1100. The van der Waals surface area contributed by atoms with Gasteiger partial charge in [0.25, 0.3) is 5.91 Å². The molecule has 2 aromatic carbocycles. The summed E-state index contributed by atoms with van der Waals surface area (Å²) in [4.78, 5) is 38.5. The van der Waals surface area contributed by atoms with Crippen molar-refractivity contribution in [3.63, 3.8) is 0 Å². The van der Waals surface area contributed by atoms with Crippen LogP contribution in [-0.4, -0.2) is 68.2 Å². The number of benzene rings is 2. The highest BCUT2D eigenvalue weighted by molar-refractivity contribution is 6.04. The Morgan fingerprint density at radius 3 is 2.05 bits per heavy atom. The molecule has 2 aliphatic rings. The molecule has 0 atom stereocenters. The molecular formula is C28H33N3O6. The van der Waals surface area contributed by atoms with Crippen molar-refractivity contribution in [3.05, 3.63) is 59.7 Å². The summed E-state index contributed by atoms with van der Waals surface area (Å²) in [7, 11) is 1.25. The van der Waals surface area contributed by atoms with Crippen LogP contribution in [0.3, 0.4) is 0 Å². The quantitative estimate of drug-likeness (QED) is 0.347. The zero-order valence-corrected chi connectivity index (χ0v) is 21.0. The number of methoxy groups -OCH3 is 1. The maximum absolute atomic E-state index is 13.0. The molecule has 0 radical (unpaired) electrons. The Labute approximate surface area is 216 Å². The van der Waals surface area contributed by atoms with Crippen molar-refractivity contribution in [1.82, 2.24) is 10.2 Å². The Morgan fingerprint density at radius 2 is 1.49 bits per heavy atom. The molecule has 2 N–H and O–H groups in total. The van der Waals surface area contributed by atoms with E-state index in [4.69, 9.17) is 14.9 Å². The van der Waals surface area contributed by atoms with E-state index in [1.54, 1.807) is 12.1 Å². The molecule has 0 aliphatic carbocycles. The fourth-order valence-corrected chi connectivity index (χ4v) is 4.65. The first kappa shape index (κ1) is 26.3. The van der Waals surface area contributed by atoms with Gasteiger partial charge in [-0.1, -0.05) is 36.4 Å². The molecule has 2 saturated heterocycles. The van der Waals surface area contributed by atoms with Crippen LogP contribution in [0.25, 0.3) is 11.1 Å². The van der Waals surface area contributed by atoms with Crippen LogP contribution in [-0.2, 0) is 19.0 Å². The smallest absolute Gasteiger partial charge is 0.412 e. The van der Waals surface area contributed by atoms with Gasteiger partial charge in [-0.25, -0.2) is 4.79 Å². The predicted molar refractivity (Wildman–Crippen MR) is 137 cm³/mol. The lowest BCUT2D eigenvalue weighted by Gasteiger charge is -2.32. The molecule has 37 heavy (non-hydrogen) atoms. The fourth-order valence-electron chi connectivity index (χ4n) is 4.65. The van der Waals surface area contributed by atoms with Crippen molar-refractivity contribution in [1.29, 1.82) is 5.41 Å². The van der Waals surface area contributed by atoms with Gasteiger partial charge in [0.05, 0.1) is 20.3 Å². The largest absolute Gasteiger partial charge is 0.462 e. The molecule has 2 amide bonds. The summed E-state index contributed by atoms with van der Waals surface area (Å²) in [5, 5.41) is 10.3. The summed E-state index contributed by atoms with van der Waals surface area (Å²) in [5.74, 6) is 0.0506. The van der Waals surface area contributed by atoms with Gasteiger partial charge in [-0.3, -0.25) is 20.3 Å². The van der Waals surface area contributed by atoms with Crippen LogP contribution in [0.1, 0.15) is 48.0 Å². The van der Waals surface area contributed by atoms with Gasteiger partial charge in [0.15, 0.2) is 0 Å². The number of amidine groups is 1. The number of carbonyl (C=O) groups is 3. The molecule has 0 aromatic heterocycles. The Kier molecular flexibility index (Phi) is 8.90. The van der Waals surface area contributed by atoms with Gasteiger partial charge < -0.3 is 19.1 Å². The van der Waals surface area contributed by atoms with Crippen LogP contribution in [0, 0.1) is 11.3 Å². The monoisotopic (exact) mass is 507 g/mol. The number of nitrogens with zero attached hydrogens (tertiary/aromatic N) is 1. The van der Waals surface area contributed by atoms with Crippen molar-refractivity contribution in [2.24, 2.45) is 5.92 Å². The third kappa shape index (κ3) is 7.16. The van der Waals surface area contributed by atoms with E-state index < -0.39 is 6.09 Å². The second-order valence-electron chi connectivity index (χ2n) is 9.39. The number of amides is 2. The van der Waals surface area contributed by atoms with E-state index in [1.807, 2.05) is 41.3 Å². The van der Waals surface area contributed by atoms with Crippen LogP contribution in [0.2, 0.25) is 0 Å². The summed E-state index contributed by atoms with van der Waals surface area (Å²) in [5.41, 5.74) is 3.06. The Balaban J connectivity index is 1.26. The van der Waals surface area contributed by atoms with Crippen molar-refractivity contribution in [2.75, 3.05) is 33.4 Å². The minimum absolute atomic E-state index is 0.00698. The van der Waals surface area contributed by atoms with E-state index in [9.17, 15) is 14.4 Å². The number of hydrogen-bond acceptors (Lipinski definition) is 7. The average Bonchev–Trinajstić information content (AvgIpc) is 2.93. The first-order valence-electron chi connectivity index (χ1n) is 12.6. The molecule has 0 saturated carbocycles. The van der Waals surface area contributed by atoms with Crippen LogP contribution in [0.15, 0.2) is 48.5 Å². The molecule has 0 unspecified atom stereocenters. The van der Waals surface area contributed by atoms with Crippen molar-refractivity contribution >= 4 is 23.8 Å². The number of nitrogens with one attached hydrogen (secondary N) is 2. The van der Waals surface area contributed by atoms with Gasteiger partial charge in [0, 0.05) is 43.5 Å². The van der Waals surface area contributed by atoms with Gasteiger partial charge in [-0.2, -0.15) is 0 Å². The van der Waals surface area contributed by atoms with Crippen molar-refractivity contribution in [2.45, 2.75) is 38.2 Å². The lowest BCUT2D eigenvalue weighted by molar-refractivity contribution is -0.154. The zero-order valence-electron chi connectivity index (χ0n) is 21.0. The zero-order chi connectivity index (χ0) is 26.2. The molecule has 0 spiro atoms. The maximum atomic E-state index is 13.0. The normalized spacial score (nSPS) is 16.6. The van der Waals surface area contributed by atoms with E-state index in [0.717, 1.165) is 36.8 Å². The number of ether oxygens (including phenoxy) is 3. The molecule has 9 nitrogen and oxygen atoms in total. The molecule has 4 rings (SSSR count). The van der Waals surface area contributed by atoms with Gasteiger partial charge in [0.2, 0.25) is 0 Å². The number of alkyl carbamates (subject to hydrolysis) is 1. The first-order valence-corrected chi connectivity index (χ1v) is 12.6. The van der Waals surface area contributed by atoms with Crippen molar-refractivity contribution < 1.29 is 28.6 Å². The molecule has 2 fully saturated rings. The molecule has 9 heteroatoms. The van der Waals surface area contributed by atoms with Crippen molar-refractivity contribution in [3.8, 4) is 11.1 Å². The van der Waals surface area contributed by atoms with Gasteiger partial charge in [-0.15, -0.1) is 0 Å². The van der Waals surface area contributed by atoms with E-state index >= 15 is 0 Å². The molecular weight excluding hydrogens is 474 g/mol.